The largest absolute Gasteiger partial charge is 0.353 e. The first-order valence-electron chi connectivity index (χ1n) is 10.3. The molecule has 1 amide bonds. The minimum absolute atomic E-state index is 0.312. The number of rotatable bonds is 7. The molecule has 2 aromatic rings. The van der Waals surface area contributed by atoms with Crippen LogP contribution >= 0.6 is 0 Å². The Morgan fingerprint density at radius 2 is 2.00 bits per heavy atom. The van der Waals surface area contributed by atoms with Crippen LogP contribution in [0.4, 0.5) is 11.5 Å². The quantitative estimate of drug-likeness (QED) is 0.657. The average Bonchev–Trinajstić information content (AvgIpc) is 3.21. The summed E-state index contributed by atoms with van der Waals surface area (Å²) in [5, 5.41) is 8.49. The maximum Gasteiger partial charge on any atom is 0.274 e. The van der Waals surface area contributed by atoms with Crippen LogP contribution in [-0.2, 0) is 9.71 Å². The van der Waals surface area contributed by atoms with Crippen LogP contribution in [0.25, 0.3) is 0 Å². The van der Waals surface area contributed by atoms with E-state index in [2.05, 4.69) is 39.9 Å². The van der Waals surface area contributed by atoms with Gasteiger partial charge in [0.1, 0.15) is 17.8 Å². The third-order valence-corrected chi connectivity index (χ3v) is 6.40. The zero-order valence-corrected chi connectivity index (χ0v) is 18.7. The molecule has 1 aliphatic rings. The number of amides is 1. The van der Waals surface area contributed by atoms with Gasteiger partial charge in [0.25, 0.3) is 5.91 Å². The summed E-state index contributed by atoms with van der Waals surface area (Å²) >= 11 is 0. The molecule has 30 heavy (non-hydrogen) atoms. The SMILES string of the molecule is C=S(N)(=O)c1ccc(NC(=O)c2cc(N(CC(C)C)C3CCCC3)ncn2)c(C)c1. The fourth-order valence-electron chi connectivity index (χ4n) is 3.84. The van der Waals surface area contributed by atoms with Crippen LogP contribution < -0.4 is 15.4 Å². The van der Waals surface area contributed by atoms with E-state index in [1.165, 1.54) is 19.2 Å². The lowest BCUT2D eigenvalue weighted by Gasteiger charge is -2.31. The molecule has 7 nitrogen and oxygen atoms in total. The Balaban J connectivity index is 1.82. The summed E-state index contributed by atoms with van der Waals surface area (Å²) in [6.07, 6.45) is 6.22. The van der Waals surface area contributed by atoms with E-state index in [1.807, 2.05) is 6.92 Å². The third kappa shape index (κ3) is 5.37. The van der Waals surface area contributed by atoms with E-state index >= 15 is 0 Å². The fourth-order valence-corrected chi connectivity index (χ4v) is 4.52. The maximum atomic E-state index is 12.9. The van der Waals surface area contributed by atoms with Crippen molar-refractivity contribution < 1.29 is 9.00 Å². The number of nitrogens with two attached hydrogens (primary N) is 1. The van der Waals surface area contributed by atoms with Crippen molar-refractivity contribution in [3.63, 3.8) is 0 Å². The van der Waals surface area contributed by atoms with Gasteiger partial charge >= 0.3 is 0 Å². The lowest BCUT2D eigenvalue weighted by atomic mass is 10.1. The first-order chi connectivity index (χ1) is 14.1. The summed E-state index contributed by atoms with van der Waals surface area (Å²) < 4.78 is 11.9. The molecule has 1 aromatic heterocycles. The fraction of sp³-hybridized carbons (Fsp3) is 0.455. The predicted octanol–water partition coefficient (Wildman–Crippen LogP) is 3.39. The van der Waals surface area contributed by atoms with E-state index in [-0.39, 0.29) is 5.91 Å². The number of benzene rings is 1. The van der Waals surface area contributed by atoms with Crippen molar-refractivity contribution in [2.24, 2.45) is 11.1 Å². The van der Waals surface area contributed by atoms with E-state index in [9.17, 15) is 9.00 Å². The molecule has 1 aliphatic carbocycles. The molecule has 1 heterocycles. The third-order valence-electron chi connectivity index (χ3n) is 5.35. The molecular formula is C22H31N5O2S. The van der Waals surface area contributed by atoms with Crippen molar-refractivity contribution in [3.05, 3.63) is 41.9 Å². The van der Waals surface area contributed by atoms with Gasteiger partial charge in [0, 0.05) is 29.2 Å². The molecule has 3 N–H and O–H groups in total. The van der Waals surface area contributed by atoms with Crippen molar-refractivity contribution in [1.29, 1.82) is 0 Å². The van der Waals surface area contributed by atoms with Crippen molar-refractivity contribution in [3.8, 4) is 0 Å². The lowest BCUT2D eigenvalue weighted by Crippen LogP contribution is -2.37. The molecule has 1 atom stereocenters. The molecule has 0 saturated heterocycles. The van der Waals surface area contributed by atoms with Crippen molar-refractivity contribution >= 4 is 33.0 Å². The van der Waals surface area contributed by atoms with Gasteiger partial charge in [-0.1, -0.05) is 26.7 Å². The van der Waals surface area contributed by atoms with Gasteiger partial charge in [-0.25, -0.2) is 14.2 Å². The summed E-state index contributed by atoms with van der Waals surface area (Å²) in [6.45, 7) is 7.09. The zero-order chi connectivity index (χ0) is 21.9. The molecular weight excluding hydrogens is 398 g/mol. The van der Waals surface area contributed by atoms with Crippen molar-refractivity contribution in [2.75, 3.05) is 16.8 Å². The normalized spacial score (nSPS) is 16.4. The molecule has 0 bridgehead atoms. The summed E-state index contributed by atoms with van der Waals surface area (Å²) in [7, 11) is -2.79. The molecule has 162 valence electrons. The second-order valence-corrected chi connectivity index (χ2v) is 10.3. The number of carbonyl (C=O) groups excluding carboxylic acids is 1. The van der Waals surface area contributed by atoms with Gasteiger partial charge < -0.3 is 10.2 Å². The first-order valence-corrected chi connectivity index (χ1v) is 12.1. The van der Waals surface area contributed by atoms with Gasteiger partial charge in [0.15, 0.2) is 0 Å². The number of hydrogen-bond donors (Lipinski definition) is 2. The van der Waals surface area contributed by atoms with Crippen LogP contribution in [-0.4, -0.2) is 38.5 Å². The predicted molar refractivity (Wildman–Crippen MR) is 123 cm³/mol. The summed E-state index contributed by atoms with van der Waals surface area (Å²) in [6, 6.07) is 7.21. The van der Waals surface area contributed by atoms with Crippen LogP contribution in [0, 0.1) is 12.8 Å². The minimum Gasteiger partial charge on any atom is -0.353 e. The minimum atomic E-state index is -2.79. The summed E-state index contributed by atoms with van der Waals surface area (Å²) in [5.41, 5.74) is 1.68. The first kappa shape index (κ1) is 22.2. The van der Waals surface area contributed by atoms with Gasteiger partial charge in [-0.15, -0.1) is 0 Å². The maximum absolute atomic E-state index is 12.9. The smallest absolute Gasteiger partial charge is 0.274 e. The second kappa shape index (κ2) is 9.14. The van der Waals surface area contributed by atoms with Crippen LogP contribution in [0.3, 0.4) is 0 Å². The number of nitrogens with one attached hydrogen (secondary N) is 1. The molecule has 8 heteroatoms. The number of aromatic nitrogens is 2. The molecule has 1 aromatic carbocycles. The molecule has 0 aliphatic heterocycles. The highest BCUT2D eigenvalue weighted by molar-refractivity contribution is 7.98. The van der Waals surface area contributed by atoms with Gasteiger partial charge in [-0.05, 0) is 55.3 Å². The van der Waals surface area contributed by atoms with E-state index in [1.54, 1.807) is 24.3 Å². The highest BCUT2D eigenvalue weighted by Gasteiger charge is 2.25. The number of aryl methyl sites for hydroxylation is 1. The van der Waals surface area contributed by atoms with E-state index in [0.29, 0.717) is 28.2 Å². The van der Waals surface area contributed by atoms with Crippen LogP contribution in [0.5, 0.6) is 0 Å². The number of nitrogens with zero attached hydrogens (tertiary/aromatic N) is 3. The topological polar surface area (TPSA) is 101 Å². The van der Waals surface area contributed by atoms with E-state index < -0.39 is 9.71 Å². The Kier molecular flexibility index (Phi) is 6.77. The highest BCUT2D eigenvalue weighted by atomic mass is 32.2. The standard InChI is InChI=1S/C22H31N5O2S/c1-15(2)13-27(17-7-5-6-8-17)21-12-20(24-14-25-21)22(28)26-19-10-9-18(11-16(19)3)30(4,23)29/h9-12,14-15,17H,4-8,13H2,1-3H3,(H2,23,29)(H,26,28). The summed E-state index contributed by atoms with van der Waals surface area (Å²) in [4.78, 5) is 24.3. The van der Waals surface area contributed by atoms with Crippen molar-refractivity contribution in [2.45, 2.75) is 57.4 Å². The number of hydrogen-bond acceptors (Lipinski definition) is 5. The van der Waals surface area contributed by atoms with E-state index in [0.717, 1.165) is 30.8 Å². The van der Waals surface area contributed by atoms with Crippen LogP contribution in [0.2, 0.25) is 0 Å². The Hall–Kier alpha value is -2.45. The lowest BCUT2D eigenvalue weighted by molar-refractivity contribution is 0.102. The van der Waals surface area contributed by atoms with Gasteiger partial charge in [-0.3, -0.25) is 9.93 Å². The Labute approximate surface area is 179 Å². The summed E-state index contributed by atoms with van der Waals surface area (Å²) in [5.74, 6) is 4.47. The molecule has 1 unspecified atom stereocenters. The highest BCUT2D eigenvalue weighted by Crippen LogP contribution is 2.28. The number of carbonyl (C=O) groups is 1. The second-order valence-electron chi connectivity index (χ2n) is 8.40. The monoisotopic (exact) mass is 429 g/mol. The number of anilines is 2. The Morgan fingerprint density at radius 1 is 1.30 bits per heavy atom. The van der Waals surface area contributed by atoms with E-state index in [4.69, 9.17) is 5.14 Å². The Bertz CT molecular complexity index is 1010. The van der Waals surface area contributed by atoms with Crippen molar-refractivity contribution in [1.82, 2.24) is 9.97 Å². The molecule has 1 fully saturated rings. The molecule has 1 saturated carbocycles. The molecule has 0 radical (unpaired) electrons. The van der Waals surface area contributed by atoms with Crippen LogP contribution in [0.1, 0.15) is 55.6 Å². The van der Waals surface area contributed by atoms with Gasteiger partial charge in [0.05, 0.1) is 9.71 Å². The zero-order valence-electron chi connectivity index (χ0n) is 17.9. The molecule has 3 rings (SSSR count). The van der Waals surface area contributed by atoms with Gasteiger partial charge in [0.2, 0.25) is 0 Å². The molecule has 0 spiro atoms. The van der Waals surface area contributed by atoms with Crippen LogP contribution in [0.15, 0.2) is 35.5 Å². The average molecular weight is 430 g/mol. The Morgan fingerprint density at radius 3 is 2.60 bits per heavy atom. The van der Waals surface area contributed by atoms with Gasteiger partial charge in [-0.2, -0.15) is 0 Å².